The van der Waals surface area contributed by atoms with E-state index < -0.39 is 29.4 Å². The average molecular weight is 579 g/mol. The number of carbonyl (C=O) groups excluding carboxylic acids is 1. The zero-order valence-electron chi connectivity index (χ0n) is 22.8. The van der Waals surface area contributed by atoms with E-state index in [2.05, 4.69) is 15.0 Å². The topological polar surface area (TPSA) is 88.1 Å². The van der Waals surface area contributed by atoms with Gasteiger partial charge < -0.3 is 19.9 Å². The molecule has 5 rings (SSSR count). The lowest BCUT2D eigenvalue weighted by molar-refractivity contribution is -0.167. The molecule has 11 heteroatoms. The number of carbonyl (C=O) groups is 2. The molecule has 0 bridgehead atoms. The molecule has 41 heavy (non-hydrogen) atoms. The Bertz CT molecular complexity index is 1260. The Labute approximate surface area is 235 Å². The van der Waals surface area contributed by atoms with E-state index in [-0.39, 0.29) is 54.1 Å². The number of rotatable bonds is 9. The van der Waals surface area contributed by atoms with Gasteiger partial charge in [0.15, 0.2) is 0 Å². The molecule has 7 nitrogen and oxygen atoms in total. The molecule has 1 amide bonds. The predicted molar refractivity (Wildman–Crippen MR) is 140 cm³/mol. The molecule has 222 valence electrons. The Hall–Kier alpha value is -3.18. The molecule has 0 aromatic heterocycles. The van der Waals surface area contributed by atoms with Gasteiger partial charge in [0.2, 0.25) is 0 Å². The number of piperidine rings is 1. The van der Waals surface area contributed by atoms with Gasteiger partial charge in [-0.25, -0.2) is 8.78 Å². The van der Waals surface area contributed by atoms with Crippen LogP contribution in [0.25, 0.3) is 0 Å². The van der Waals surface area contributed by atoms with E-state index in [0.717, 1.165) is 30.5 Å². The lowest BCUT2D eigenvalue weighted by Crippen LogP contribution is -2.58. The van der Waals surface area contributed by atoms with Crippen molar-refractivity contribution in [2.75, 3.05) is 19.7 Å². The normalized spacial score (nSPS) is 27.3. The quantitative estimate of drug-likeness (QED) is 0.403. The van der Waals surface area contributed by atoms with Gasteiger partial charge in [-0.05, 0) is 85.9 Å². The fraction of sp³-hybridized carbons (Fsp3) is 0.533. The number of amides is 1. The van der Waals surface area contributed by atoms with E-state index in [1.807, 2.05) is 0 Å². The summed E-state index contributed by atoms with van der Waals surface area (Å²) >= 11 is 0. The van der Waals surface area contributed by atoms with Gasteiger partial charge in [0.05, 0.1) is 12.5 Å². The lowest BCUT2D eigenvalue weighted by atomic mass is 9.79. The highest BCUT2D eigenvalue weighted by Crippen LogP contribution is 2.47. The van der Waals surface area contributed by atoms with Crippen molar-refractivity contribution in [3.8, 4) is 5.75 Å². The number of aliphatic carboxylic acids is 1. The minimum absolute atomic E-state index is 0.0459. The Morgan fingerprint density at radius 1 is 1.10 bits per heavy atom. The summed E-state index contributed by atoms with van der Waals surface area (Å²) in [6.07, 6.45) is -0.101. The number of benzene rings is 2. The first-order chi connectivity index (χ1) is 19.4. The Morgan fingerprint density at radius 2 is 1.83 bits per heavy atom. The number of ether oxygens (including phenoxy) is 2. The van der Waals surface area contributed by atoms with Crippen molar-refractivity contribution < 1.29 is 41.7 Å². The number of likely N-dealkylation sites (tertiary alicyclic amines) is 1. The summed E-state index contributed by atoms with van der Waals surface area (Å²) < 4.78 is 64.7. The molecule has 3 fully saturated rings. The van der Waals surface area contributed by atoms with Gasteiger partial charge in [0, 0.05) is 32.1 Å². The predicted octanol–water partition coefficient (Wildman–Crippen LogP) is 5.09. The molecule has 2 aromatic rings. The molecule has 2 saturated heterocycles. The Balaban J connectivity index is 1.21. The first-order valence-electron chi connectivity index (χ1n) is 13.9. The van der Waals surface area contributed by atoms with Crippen LogP contribution in [-0.4, -0.2) is 59.3 Å². The molecule has 0 spiro atoms. The zero-order chi connectivity index (χ0) is 29.4. The third-order valence-electron chi connectivity index (χ3n) is 8.46. The van der Waals surface area contributed by atoms with Gasteiger partial charge in [-0.3, -0.25) is 14.5 Å². The van der Waals surface area contributed by atoms with E-state index in [0.29, 0.717) is 39.3 Å². The number of hydrogen-bond acceptors (Lipinski definition) is 5. The van der Waals surface area contributed by atoms with Crippen LogP contribution in [0.5, 0.6) is 5.75 Å². The van der Waals surface area contributed by atoms with Crippen LogP contribution in [0.1, 0.15) is 56.1 Å². The number of nitrogens with one attached hydrogen (secondary N) is 1. The summed E-state index contributed by atoms with van der Waals surface area (Å²) in [6.45, 7) is 1.72. The summed E-state index contributed by atoms with van der Waals surface area (Å²) in [6, 6.07) is 9.21. The van der Waals surface area contributed by atoms with Crippen LogP contribution in [0.2, 0.25) is 0 Å². The van der Waals surface area contributed by atoms with E-state index in [9.17, 15) is 32.3 Å². The van der Waals surface area contributed by atoms with Crippen molar-refractivity contribution in [1.29, 1.82) is 0 Å². The standard InChI is InChI=1S/C30H34F4N2O5/c1-29(33,34)41-24-13-18(12-22(32)14-24)15-35-28(39)30(20-4-5-20)10-8-23(17-40-30)36-11-9-25(26(16-36)27(37)38)19-2-6-21(31)7-3-19/h2-3,6-7,12-14,20,23,25-26H,4-5,8-11,15-17H2,1H3,(H,35,39)(H,37,38)/t23?,25?,26-,30+/m1/s1. The van der Waals surface area contributed by atoms with Gasteiger partial charge in [-0.2, -0.15) is 8.78 Å². The maximum absolute atomic E-state index is 14.0. The van der Waals surface area contributed by atoms with Crippen LogP contribution in [0.3, 0.4) is 0 Å². The van der Waals surface area contributed by atoms with E-state index in [1.165, 1.54) is 18.2 Å². The summed E-state index contributed by atoms with van der Waals surface area (Å²) in [5, 5.41) is 12.8. The molecule has 2 aromatic carbocycles. The van der Waals surface area contributed by atoms with Gasteiger partial charge in [-0.15, -0.1) is 0 Å². The zero-order valence-corrected chi connectivity index (χ0v) is 22.8. The van der Waals surface area contributed by atoms with Crippen molar-refractivity contribution in [2.45, 2.75) is 69.2 Å². The van der Waals surface area contributed by atoms with Gasteiger partial charge in [0.25, 0.3) is 5.91 Å². The molecule has 4 atom stereocenters. The second-order valence-corrected chi connectivity index (χ2v) is 11.4. The SMILES string of the molecule is CC(F)(F)Oc1cc(F)cc(CNC(=O)[C@@]2(C3CC3)CCC(N3CCC(c4ccc(F)cc4)[C@H](C(=O)O)C3)CO2)c1. The summed E-state index contributed by atoms with van der Waals surface area (Å²) in [7, 11) is 0. The molecule has 3 aliphatic rings. The number of carboxylic acid groups (broad SMARTS) is 1. The molecule has 2 N–H and O–H groups in total. The molecule has 1 saturated carbocycles. The fourth-order valence-electron chi connectivity index (χ4n) is 6.29. The Kier molecular flexibility index (Phi) is 8.29. The van der Waals surface area contributed by atoms with Gasteiger partial charge in [-0.1, -0.05) is 12.1 Å². The monoisotopic (exact) mass is 578 g/mol. The third kappa shape index (κ3) is 6.83. The van der Waals surface area contributed by atoms with E-state index in [4.69, 9.17) is 4.74 Å². The molecule has 0 radical (unpaired) electrons. The van der Waals surface area contributed by atoms with Crippen LogP contribution in [0, 0.1) is 23.5 Å². The fourth-order valence-corrected chi connectivity index (χ4v) is 6.29. The van der Waals surface area contributed by atoms with Crippen LogP contribution in [-0.2, 0) is 20.9 Å². The minimum Gasteiger partial charge on any atom is -0.481 e. The second-order valence-electron chi connectivity index (χ2n) is 11.4. The maximum Gasteiger partial charge on any atom is 0.394 e. The highest BCUT2D eigenvalue weighted by atomic mass is 19.3. The van der Waals surface area contributed by atoms with E-state index >= 15 is 0 Å². The minimum atomic E-state index is -3.47. The molecule has 1 aliphatic carbocycles. The van der Waals surface area contributed by atoms with Crippen LogP contribution < -0.4 is 10.1 Å². The average Bonchev–Trinajstić information content (AvgIpc) is 3.77. The first-order valence-corrected chi connectivity index (χ1v) is 13.9. The van der Waals surface area contributed by atoms with Crippen molar-refractivity contribution >= 4 is 11.9 Å². The largest absolute Gasteiger partial charge is 0.481 e. The highest BCUT2D eigenvalue weighted by molar-refractivity contribution is 5.86. The first kappa shape index (κ1) is 29.3. The summed E-state index contributed by atoms with van der Waals surface area (Å²) in [5.41, 5.74) is 0.0437. The van der Waals surface area contributed by atoms with Crippen LogP contribution in [0.4, 0.5) is 17.6 Å². The van der Waals surface area contributed by atoms with Crippen LogP contribution >= 0.6 is 0 Å². The van der Waals surface area contributed by atoms with Crippen molar-refractivity contribution in [3.05, 3.63) is 65.2 Å². The second kappa shape index (κ2) is 11.6. The van der Waals surface area contributed by atoms with Crippen LogP contribution in [0.15, 0.2) is 42.5 Å². The third-order valence-corrected chi connectivity index (χ3v) is 8.46. The summed E-state index contributed by atoms with van der Waals surface area (Å²) in [5.74, 6) is -3.51. The number of alkyl halides is 2. The number of hydrogen-bond donors (Lipinski definition) is 2. The number of carboxylic acids is 1. The maximum atomic E-state index is 14.0. The van der Waals surface area contributed by atoms with E-state index in [1.54, 1.807) is 12.1 Å². The molecule has 2 unspecified atom stereocenters. The molecule has 2 heterocycles. The van der Waals surface area contributed by atoms with Crippen molar-refractivity contribution in [1.82, 2.24) is 10.2 Å². The smallest absolute Gasteiger partial charge is 0.394 e. The molecular formula is C30H34F4N2O5. The molecule has 2 aliphatic heterocycles. The lowest BCUT2D eigenvalue weighted by Gasteiger charge is -2.46. The number of nitrogens with zero attached hydrogens (tertiary/aromatic N) is 1. The van der Waals surface area contributed by atoms with Crippen molar-refractivity contribution in [3.63, 3.8) is 0 Å². The van der Waals surface area contributed by atoms with Gasteiger partial charge in [0.1, 0.15) is 23.0 Å². The molecular weight excluding hydrogens is 544 g/mol. The van der Waals surface area contributed by atoms with Crippen molar-refractivity contribution in [2.24, 2.45) is 11.8 Å². The summed E-state index contributed by atoms with van der Waals surface area (Å²) in [4.78, 5) is 27.7. The highest BCUT2D eigenvalue weighted by Gasteiger charge is 2.54. The van der Waals surface area contributed by atoms with Gasteiger partial charge >= 0.3 is 12.1 Å². The Morgan fingerprint density at radius 3 is 2.44 bits per heavy atom. The number of halogens is 4.